The standard InChI is InChI=1S/C14H25N5OS/c1-3-15-12-11-13(18-14(17-12)21-2)16-5-4-6-19-7-9-20-10-8-19/h11H,3-10H2,1-2H3,(H2,15,16,17,18). The third kappa shape index (κ3) is 5.68. The molecule has 0 spiro atoms. The van der Waals surface area contributed by atoms with Crippen LogP contribution in [0.2, 0.25) is 0 Å². The first-order valence-electron chi connectivity index (χ1n) is 7.52. The smallest absolute Gasteiger partial charge is 0.191 e. The van der Waals surface area contributed by atoms with Crippen LogP contribution >= 0.6 is 11.8 Å². The van der Waals surface area contributed by atoms with Crippen LogP contribution in [0.15, 0.2) is 11.2 Å². The fraction of sp³-hybridized carbons (Fsp3) is 0.714. The summed E-state index contributed by atoms with van der Waals surface area (Å²) in [5.74, 6) is 1.78. The van der Waals surface area contributed by atoms with Crippen molar-refractivity contribution in [3.05, 3.63) is 6.07 Å². The van der Waals surface area contributed by atoms with E-state index in [0.717, 1.165) is 69.2 Å². The van der Waals surface area contributed by atoms with Gasteiger partial charge in [-0.25, -0.2) is 9.97 Å². The van der Waals surface area contributed by atoms with Gasteiger partial charge in [-0.05, 0) is 26.1 Å². The van der Waals surface area contributed by atoms with Gasteiger partial charge < -0.3 is 15.4 Å². The molecule has 0 unspecified atom stereocenters. The number of hydrogen-bond acceptors (Lipinski definition) is 7. The molecular weight excluding hydrogens is 286 g/mol. The first kappa shape index (κ1) is 16.3. The molecule has 1 fully saturated rings. The second-order valence-corrected chi connectivity index (χ2v) is 5.66. The Hall–Kier alpha value is -1.05. The van der Waals surface area contributed by atoms with Gasteiger partial charge in [0.25, 0.3) is 0 Å². The largest absolute Gasteiger partial charge is 0.379 e. The lowest BCUT2D eigenvalue weighted by molar-refractivity contribution is 0.0378. The molecule has 1 aromatic rings. The number of anilines is 2. The van der Waals surface area contributed by atoms with Gasteiger partial charge in [-0.2, -0.15) is 0 Å². The van der Waals surface area contributed by atoms with Gasteiger partial charge in [0.15, 0.2) is 5.16 Å². The maximum Gasteiger partial charge on any atom is 0.191 e. The van der Waals surface area contributed by atoms with Crippen molar-refractivity contribution in [2.45, 2.75) is 18.5 Å². The molecule has 2 N–H and O–H groups in total. The molecule has 118 valence electrons. The molecule has 7 heteroatoms. The summed E-state index contributed by atoms with van der Waals surface area (Å²) in [5, 5.41) is 7.43. The van der Waals surface area contributed by atoms with E-state index in [-0.39, 0.29) is 0 Å². The molecular formula is C14H25N5OS. The molecule has 0 amide bonds. The van der Waals surface area contributed by atoms with E-state index in [2.05, 4.69) is 32.4 Å². The van der Waals surface area contributed by atoms with Crippen molar-refractivity contribution in [1.29, 1.82) is 0 Å². The van der Waals surface area contributed by atoms with E-state index in [1.807, 2.05) is 12.3 Å². The summed E-state index contributed by atoms with van der Waals surface area (Å²) in [6.45, 7) is 8.79. The van der Waals surface area contributed by atoms with Gasteiger partial charge in [0.05, 0.1) is 13.2 Å². The van der Waals surface area contributed by atoms with E-state index in [1.54, 1.807) is 11.8 Å². The Labute approximate surface area is 131 Å². The predicted octanol–water partition coefficient (Wildman–Crippen LogP) is 1.76. The van der Waals surface area contributed by atoms with E-state index >= 15 is 0 Å². The Balaban J connectivity index is 1.77. The predicted molar refractivity (Wildman–Crippen MR) is 88.3 cm³/mol. The number of nitrogens with one attached hydrogen (secondary N) is 2. The fourth-order valence-corrected chi connectivity index (χ4v) is 2.60. The first-order chi connectivity index (χ1) is 10.3. The van der Waals surface area contributed by atoms with Crippen molar-refractivity contribution in [3.8, 4) is 0 Å². The van der Waals surface area contributed by atoms with Gasteiger partial charge in [-0.15, -0.1) is 0 Å². The fourth-order valence-electron chi connectivity index (χ4n) is 2.22. The van der Waals surface area contributed by atoms with Gasteiger partial charge in [0, 0.05) is 32.2 Å². The number of ether oxygens (including phenoxy) is 1. The highest BCUT2D eigenvalue weighted by Gasteiger charge is 2.09. The number of rotatable bonds is 8. The van der Waals surface area contributed by atoms with Gasteiger partial charge in [-0.1, -0.05) is 11.8 Å². The van der Waals surface area contributed by atoms with E-state index < -0.39 is 0 Å². The van der Waals surface area contributed by atoms with E-state index in [0.29, 0.717) is 0 Å². The van der Waals surface area contributed by atoms with Crippen LogP contribution in [0.3, 0.4) is 0 Å². The molecule has 1 aliphatic heterocycles. The highest BCUT2D eigenvalue weighted by Crippen LogP contribution is 2.17. The quantitative estimate of drug-likeness (QED) is 0.431. The Bertz CT molecular complexity index is 426. The number of thioether (sulfide) groups is 1. The minimum Gasteiger partial charge on any atom is -0.379 e. The zero-order valence-corrected chi connectivity index (χ0v) is 13.7. The molecule has 0 saturated carbocycles. The van der Waals surface area contributed by atoms with E-state index in [4.69, 9.17) is 4.74 Å². The monoisotopic (exact) mass is 311 g/mol. The lowest BCUT2D eigenvalue weighted by Gasteiger charge is -2.26. The minimum atomic E-state index is 0.795. The molecule has 0 aromatic carbocycles. The molecule has 0 aliphatic carbocycles. The molecule has 1 saturated heterocycles. The molecule has 0 atom stereocenters. The normalized spacial score (nSPS) is 15.9. The van der Waals surface area contributed by atoms with Crippen molar-refractivity contribution in [1.82, 2.24) is 14.9 Å². The van der Waals surface area contributed by atoms with Crippen molar-refractivity contribution < 1.29 is 4.74 Å². The zero-order valence-electron chi connectivity index (χ0n) is 12.9. The van der Waals surface area contributed by atoms with E-state index in [9.17, 15) is 0 Å². The Kier molecular flexibility index (Phi) is 7.05. The van der Waals surface area contributed by atoms with Gasteiger partial charge in [0.2, 0.25) is 0 Å². The number of morpholine rings is 1. The maximum atomic E-state index is 5.35. The van der Waals surface area contributed by atoms with Crippen LogP contribution in [0.5, 0.6) is 0 Å². The maximum absolute atomic E-state index is 5.35. The van der Waals surface area contributed by atoms with Crippen molar-refractivity contribution in [3.63, 3.8) is 0 Å². The van der Waals surface area contributed by atoms with Crippen LogP contribution in [0.25, 0.3) is 0 Å². The summed E-state index contributed by atoms with van der Waals surface area (Å²) in [6.07, 6.45) is 3.10. The second-order valence-electron chi connectivity index (χ2n) is 4.89. The highest BCUT2D eigenvalue weighted by atomic mass is 32.2. The number of aromatic nitrogens is 2. The molecule has 6 nitrogen and oxygen atoms in total. The Morgan fingerprint density at radius 1 is 1.24 bits per heavy atom. The molecule has 2 heterocycles. The average molecular weight is 311 g/mol. The number of hydrogen-bond donors (Lipinski definition) is 2. The summed E-state index contributed by atoms with van der Waals surface area (Å²) in [7, 11) is 0. The first-order valence-corrected chi connectivity index (χ1v) is 8.75. The van der Waals surface area contributed by atoms with E-state index in [1.165, 1.54) is 0 Å². The van der Waals surface area contributed by atoms with Crippen molar-refractivity contribution in [2.24, 2.45) is 0 Å². The molecule has 0 radical (unpaired) electrons. The number of nitrogens with zero attached hydrogens (tertiary/aromatic N) is 3. The average Bonchev–Trinajstić information content (AvgIpc) is 2.53. The molecule has 21 heavy (non-hydrogen) atoms. The lowest BCUT2D eigenvalue weighted by Crippen LogP contribution is -2.37. The van der Waals surface area contributed by atoms with Gasteiger partial charge in [0.1, 0.15) is 11.6 Å². The highest BCUT2D eigenvalue weighted by molar-refractivity contribution is 7.98. The van der Waals surface area contributed by atoms with Gasteiger partial charge >= 0.3 is 0 Å². The Morgan fingerprint density at radius 2 is 1.95 bits per heavy atom. The molecule has 0 bridgehead atoms. The third-order valence-electron chi connectivity index (χ3n) is 3.31. The summed E-state index contributed by atoms with van der Waals surface area (Å²) in [6, 6.07) is 1.97. The van der Waals surface area contributed by atoms with Gasteiger partial charge in [-0.3, -0.25) is 4.90 Å². The van der Waals surface area contributed by atoms with Crippen LogP contribution in [0.4, 0.5) is 11.6 Å². The van der Waals surface area contributed by atoms with Crippen LogP contribution < -0.4 is 10.6 Å². The van der Waals surface area contributed by atoms with Crippen LogP contribution in [0, 0.1) is 0 Å². The van der Waals surface area contributed by atoms with Crippen LogP contribution in [-0.4, -0.2) is 67.1 Å². The zero-order chi connectivity index (χ0) is 14.9. The molecule has 2 rings (SSSR count). The topological polar surface area (TPSA) is 62.3 Å². The summed E-state index contributed by atoms with van der Waals surface area (Å²) in [5.41, 5.74) is 0. The van der Waals surface area contributed by atoms with Crippen molar-refractivity contribution >= 4 is 23.4 Å². The summed E-state index contributed by atoms with van der Waals surface area (Å²) >= 11 is 1.56. The third-order valence-corrected chi connectivity index (χ3v) is 3.85. The summed E-state index contributed by atoms with van der Waals surface area (Å²) < 4.78 is 5.35. The summed E-state index contributed by atoms with van der Waals surface area (Å²) in [4.78, 5) is 11.4. The SMILES string of the molecule is CCNc1cc(NCCCN2CCOCC2)nc(SC)n1. The molecule has 1 aliphatic rings. The molecule has 1 aromatic heterocycles. The van der Waals surface area contributed by atoms with Crippen molar-refractivity contribution in [2.75, 3.05) is 62.8 Å². The van der Waals surface area contributed by atoms with Crippen LogP contribution in [-0.2, 0) is 4.74 Å². The Morgan fingerprint density at radius 3 is 2.62 bits per heavy atom. The minimum absolute atomic E-state index is 0.795. The lowest BCUT2D eigenvalue weighted by atomic mass is 10.3. The second kappa shape index (κ2) is 9.07. The van der Waals surface area contributed by atoms with Crippen LogP contribution in [0.1, 0.15) is 13.3 Å².